The molecule has 1 aromatic rings. The number of alkyl halides is 3. The van der Waals surface area contributed by atoms with E-state index in [0.717, 1.165) is 5.56 Å². The number of halogens is 3. The van der Waals surface area contributed by atoms with Crippen LogP contribution in [-0.4, -0.2) is 29.3 Å². The van der Waals surface area contributed by atoms with E-state index in [1.807, 2.05) is 30.3 Å². The minimum absolute atomic E-state index is 0.293. The van der Waals surface area contributed by atoms with Crippen LogP contribution in [0, 0.1) is 0 Å². The SMILES string of the molecule is CC(N)C(=O)OCc1ccccc1.O=C(O)C(F)(F)F. The number of carbonyl (C=O) groups excluding carboxylic acids is 1. The number of hydrogen-bond acceptors (Lipinski definition) is 4. The molecule has 0 aromatic heterocycles. The van der Waals surface area contributed by atoms with E-state index in [-0.39, 0.29) is 5.97 Å². The summed E-state index contributed by atoms with van der Waals surface area (Å²) in [7, 11) is 0. The van der Waals surface area contributed by atoms with Crippen molar-refractivity contribution in [2.45, 2.75) is 25.7 Å². The highest BCUT2D eigenvalue weighted by molar-refractivity contribution is 5.74. The topological polar surface area (TPSA) is 89.6 Å². The molecule has 0 aliphatic rings. The summed E-state index contributed by atoms with van der Waals surface area (Å²) in [5, 5.41) is 7.12. The molecule has 0 aliphatic carbocycles. The van der Waals surface area contributed by atoms with Gasteiger partial charge in [0.1, 0.15) is 12.6 Å². The van der Waals surface area contributed by atoms with Crippen LogP contribution < -0.4 is 5.73 Å². The van der Waals surface area contributed by atoms with E-state index in [1.54, 1.807) is 6.92 Å². The number of esters is 1. The molecular weight excluding hydrogens is 279 g/mol. The molecule has 8 heteroatoms. The van der Waals surface area contributed by atoms with Crippen molar-refractivity contribution in [3.8, 4) is 0 Å². The standard InChI is InChI=1S/C10H13NO2.C2HF3O2/c1-8(11)10(12)13-7-9-5-3-2-4-6-9;3-2(4,5)1(6)7/h2-6,8H,7,11H2,1H3;(H,6,7). The number of nitrogens with two attached hydrogens (primary N) is 1. The third-order valence-electron chi connectivity index (χ3n) is 1.84. The van der Waals surface area contributed by atoms with Gasteiger partial charge in [0.15, 0.2) is 0 Å². The maximum Gasteiger partial charge on any atom is 0.490 e. The quantitative estimate of drug-likeness (QED) is 0.828. The monoisotopic (exact) mass is 293 g/mol. The molecule has 5 nitrogen and oxygen atoms in total. The highest BCUT2D eigenvalue weighted by Crippen LogP contribution is 2.13. The first-order valence-electron chi connectivity index (χ1n) is 5.41. The second-order valence-corrected chi connectivity index (χ2v) is 3.68. The van der Waals surface area contributed by atoms with Gasteiger partial charge >= 0.3 is 18.1 Å². The summed E-state index contributed by atoms with van der Waals surface area (Å²) >= 11 is 0. The average molecular weight is 293 g/mol. The van der Waals surface area contributed by atoms with Crippen molar-refractivity contribution >= 4 is 11.9 Å². The fraction of sp³-hybridized carbons (Fsp3) is 0.333. The number of carboxylic acid groups (broad SMARTS) is 1. The Balaban J connectivity index is 0.000000441. The summed E-state index contributed by atoms with van der Waals surface area (Å²) in [6.07, 6.45) is -5.08. The number of benzene rings is 1. The first-order valence-corrected chi connectivity index (χ1v) is 5.41. The number of carbonyl (C=O) groups is 2. The van der Waals surface area contributed by atoms with E-state index >= 15 is 0 Å². The van der Waals surface area contributed by atoms with Crippen LogP contribution >= 0.6 is 0 Å². The fourth-order valence-corrected chi connectivity index (χ4v) is 0.860. The minimum Gasteiger partial charge on any atom is -0.475 e. The number of rotatable bonds is 3. The highest BCUT2D eigenvalue weighted by Gasteiger charge is 2.38. The van der Waals surface area contributed by atoms with Crippen LogP contribution in [0.3, 0.4) is 0 Å². The van der Waals surface area contributed by atoms with Crippen LogP contribution in [-0.2, 0) is 20.9 Å². The van der Waals surface area contributed by atoms with E-state index in [9.17, 15) is 18.0 Å². The van der Waals surface area contributed by atoms with Gasteiger partial charge in [-0.3, -0.25) is 4.79 Å². The first-order chi connectivity index (χ1) is 9.14. The van der Waals surface area contributed by atoms with Crippen molar-refractivity contribution in [3.05, 3.63) is 35.9 Å². The Bertz CT molecular complexity index is 432. The van der Waals surface area contributed by atoms with Crippen LogP contribution in [0.2, 0.25) is 0 Å². The molecule has 20 heavy (non-hydrogen) atoms. The van der Waals surface area contributed by atoms with Gasteiger partial charge in [0.05, 0.1) is 0 Å². The molecule has 0 aliphatic heterocycles. The molecule has 1 unspecified atom stereocenters. The second-order valence-electron chi connectivity index (χ2n) is 3.68. The van der Waals surface area contributed by atoms with E-state index < -0.39 is 18.2 Å². The smallest absolute Gasteiger partial charge is 0.475 e. The van der Waals surface area contributed by atoms with E-state index in [0.29, 0.717) is 6.61 Å². The van der Waals surface area contributed by atoms with Gasteiger partial charge in [0, 0.05) is 0 Å². The Kier molecular flexibility index (Phi) is 7.30. The van der Waals surface area contributed by atoms with Crippen LogP contribution in [0.1, 0.15) is 12.5 Å². The lowest BCUT2D eigenvalue weighted by Gasteiger charge is -2.06. The van der Waals surface area contributed by atoms with E-state index in [2.05, 4.69) is 0 Å². The summed E-state index contributed by atoms with van der Waals surface area (Å²) in [5.74, 6) is -3.13. The lowest BCUT2D eigenvalue weighted by molar-refractivity contribution is -0.192. The minimum atomic E-state index is -5.08. The Morgan fingerprint density at radius 2 is 1.75 bits per heavy atom. The summed E-state index contributed by atoms with van der Waals surface area (Å²) in [6, 6.07) is 8.95. The molecule has 0 bridgehead atoms. The molecule has 1 rings (SSSR count). The van der Waals surface area contributed by atoms with Crippen LogP contribution in [0.4, 0.5) is 13.2 Å². The summed E-state index contributed by atoms with van der Waals surface area (Å²) < 4.78 is 36.7. The van der Waals surface area contributed by atoms with Gasteiger partial charge in [0.2, 0.25) is 0 Å². The van der Waals surface area contributed by atoms with E-state index in [4.69, 9.17) is 20.4 Å². The molecule has 0 radical (unpaired) electrons. The predicted molar refractivity (Wildman–Crippen MR) is 63.6 cm³/mol. The van der Waals surface area contributed by atoms with Gasteiger partial charge in [-0.15, -0.1) is 0 Å². The summed E-state index contributed by atoms with van der Waals surface area (Å²) in [4.78, 5) is 19.9. The molecule has 0 heterocycles. The van der Waals surface area contributed by atoms with Crippen LogP contribution in [0.25, 0.3) is 0 Å². The van der Waals surface area contributed by atoms with Gasteiger partial charge in [-0.05, 0) is 12.5 Å². The normalized spacial score (nSPS) is 11.8. The van der Waals surface area contributed by atoms with E-state index in [1.165, 1.54) is 0 Å². The van der Waals surface area contributed by atoms with Crippen molar-refractivity contribution in [2.75, 3.05) is 0 Å². The largest absolute Gasteiger partial charge is 0.490 e. The summed E-state index contributed by atoms with van der Waals surface area (Å²) in [5.41, 5.74) is 6.29. The number of hydrogen-bond donors (Lipinski definition) is 2. The molecule has 0 saturated carbocycles. The van der Waals surface area contributed by atoms with Crippen molar-refractivity contribution in [3.63, 3.8) is 0 Å². The number of ether oxygens (including phenoxy) is 1. The molecule has 0 spiro atoms. The molecular formula is C12H14F3NO4. The molecule has 0 fully saturated rings. The second kappa shape index (κ2) is 8.16. The van der Waals surface area contributed by atoms with Gasteiger partial charge in [-0.2, -0.15) is 13.2 Å². The fourth-order valence-electron chi connectivity index (χ4n) is 0.860. The number of aliphatic carboxylic acids is 1. The molecule has 3 N–H and O–H groups in total. The Labute approximate surface area is 113 Å². The Hall–Kier alpha value is -2.09. The molecule has 112 valence electrons. The highest BCUT2D eigenvalue weighted by atomic mass is 19.4. The van der Waals surface area contributed by atoms with Gasteiger partial charge in [-0.1, -0.05) is 30.3 Å². The van der Waals surface area contributed by atoms with Gasteiger partial charge in [-0.25, -0.2) is 4.79 Å². The zero-order valence-corrected chi connectivity index (χ0v) is 10.6. The Morgan fingerprint density at radius 1 is 1.30 bits per heavy atom. The molecule has 1 aromatic carbocycles. The third kappa shape index (κ3) is 8.09. The van der Waals surface area contributed by atoms with Crippen molar-refractivity contribution < 1.29 is 32.6 Å². The van der Waals surface area contributed by atoms with Crippen LogP contribution in [0.5, 0.6) is 0 Å². The lowest BCUT2D eigenvalue weighted by atomic mass is 10.2. The van der Waals surface area contributed by atoms with Crippen molar-refractivity contribution in [1.82, 2.24) is 0 Å². The van der Waals surface area contributed by atoms with Crippen molar-refractivity contribution in [1.29, 1.82) is 0 Å². The third-order valence-corrected chi connectivity index (χ3v) is 1.84. The van der Waals surface area contributed by atoms with Gasteiger partial charge in [0.25, 0.3) is 0 Å². The van der Waals surface area contributed by atoms with Crippen molar-refractivity contribution in [2.24, 2.45) is 5.73 Å². The molecule has 0 amide bonds. The maximum atomic E-state index is 11.0. The predicted octanol–water partition coefficient (Wildman–Crippen LogP) is 1.71. The number of carboxylic acids is 1. The lowest BCUT2D eigenvalue weighted by Crippen LogP contribution is -2.28. The van der Waals surface area contributed by atoms with Crippen LogP contribution in [0.15, 0.2) is 30.3 Å². The Morgan fingerprint density at radius 3 is 2.10 bits per heavy atom. The maximum absolute atomic E-state index is 11.0. The average Bonchev–Trinajstić information content (AvgIpc) is 2.36. The zero-order chi connectivity index (χ0) is 15.8. The molecule has 1 atom stereocenters. The molecule has 0 saturated heterocycles. The zero-order valence-electron chi connectivity index (χ0n) is 10.6. The van der Waals surface area contributed by atoms with Gasteiger partial charge < -0.3 is 15.6 Å². The summed E-state index contributed by atoms with van der Waals surface area (Å²) in [6.45, 7) is 1.90. The first kappa shape index (κ1) is 17.9.